The number of nitrogens with one attached hydrogen (secondary N) is 1. The number of rotatable bonds is 2. The zero-order valence-electron chi connectivity index (χ0n) is 7.97. The summed E-state index contributed by atoms with van der Waals surface area (Å²) in [7, 11) is 0. The minimum Gasteiger partial charge on any atom is -0.549 e. The molecule has 1 N–H and O–H groups in total. The van der Waals surface area contributed by atoms with Gasteiger partial charge < -0.3 is 15.2 Å². The number of benzene rings is 1. The van der Waals surface area contributed by atoms with Crippen molar-refractivity contribution < 1.29 is 14.7 Å². The Morgan fingerprint density at radius 1 is 1.33 bits per heavy atom. The van der Waals surface area contributed by atoms with E-state index in [1.54, 1.807) is 0 Å². The largest absolute Gasteiger partial charge is 0.549 e. The van der Waals surface area contributed by atoms with Crippen LogP contribution in [0, 0.1) is 5.92 Å². The number of carboxylic acid groups (broad SMARTS) is 1. The maximum Gasteiger partial charge on any atom is 0.229 e. The fraction of sp³-hybridized carbons (Fsp3) is 0.273. The van der Waals surface area contributed by atoms with Gasteiger partial charge in [0.1, 0.15) is 0 Å². The first-order chi connectivity index (χ1) is 7.20. The Kier molecular flexibility index (Phi) is 2.41. The number of carbonyl (C=O) groups is 2. The molecule has 4 heteroatoms. The van der Waals surface area contributed by atoms with Crippen LogP contribution in [-0.4, -0.2) is 18.4 Å². The van der Waals surface area contributed by atoms with Crippen molar-refractivity contribution in [2.24, 2.45) is 5.92 Å². The summed E-state index contributed by atoms with van der Waals surface area (Å²) in [4.78, 5) is 22.1. The van der Waals surface area contributed by atoms with Crippen molar-refractivity contribution in [2.75, 3.05) is 6.54 Å². The van der Waals surface area contributed by atoms with Crippen molar-refractivity contribution in [3.63, 3.8) is 0 Å². The predicted molar refractivity (Wildman–Crippen MR) is 50.7 cm³/mol. The molecule has 2 atom stereocenters. The van der Waals surface area contributed by atoms with Crippen LogP contribution in [-0.2, 0) is 9.59 Å². The topological polar surface area (TPSA) is 69.2 Å². The molecule has 1 saturated heterocycles. The highest BCUT2D eigenvalue weighted by Crippen LogP contribution is 2.28. The SMILES string of the molecule is O=C([O-])C1C(=O)NCC1c1ccccc1. The molecule has 1 amide bonds. The van der Waals surface area contributed by atoms with Gasteiger partial charge in [0.15, 0.2) is 0 Å². The second kappa shape index (κ2) is 3.73. The molecule has 1 fully saturated rings. The van der Waals surface area contributed by atoms with E-state index in [1.165, 1.54) is 0 Å². The zero-order chi connectivity index (χ0) is 10.8. The highest BCUT2D eigenvalue weighted by molar-refractivity contribution is 5.99. The van der Waals surface area contributed by atoms with Gasteiger partial charge in [0, 0.05) is 12.5 Å². The molecule has 0 radical (unpaired) electrons. The van der Waals surface area contributed by atoms with Crippen LogP contribution in [0.25, 0.3) is 0 Å². The van der Waals surface area contributed by atoms with Gasteiger partial charge >= 0.3 is 0 Å². The number of amides is 1. The van der Waals surface area contributed by atoms with Crippen molar-refractivity contribution in [2.45, 2.75) is 5.92 Å². The number of aliphatic carboxylic acids is 1. The van der Waals surface area contributed by atoms with E-state index in [-0.39, 0.29) is 5.92 Å². The number of hydrogen-bond acceptors (Lipinski definition) is 3. The Labute approximate surface area is 86.9 Å². The Hall–Kier alpha value is -1.84. The van der Waals surface area contributed by atoms with Gasteiger partial charge in [-0.05, 0) is 5.56 Å². The number of hydrogen-bond donors (Lipinski definition) is 1. The molecule has 1 aliphatic rings. The molecule has 2 unspecified atom stereocenters. The van der Waals surface area contributed by atoms with Crippen molar-refractivity contribution in [3.05, 3.63) is 35.9 Å². The maximum absolute atomic E-state index is 11.3. The third-order valence-corrected chi connectivity index (χ3v) is 2.66. The Morgan fingerprint density at radius 3 is 2.60 bits per heavy atom. The molecule has 78 valence electrons. The monoisotopic (exact) mass is 204 g/mol. The van der Waals surface area contributed by atoms with E-state index in [0.717, 1.165) is 5.56 Å². The lowest BCUT2D eigenvalue weighted by molar-refractivity contribution is -0.310. The van der Waals surface area contributed by atoms with Crippen molar-refractivity contribution in [1.29, 1.82) is 0 Å². The van der Waals surface area contributed by atoms with E-state index in [9.17, 15) is 14.7 Å². The van der Waals surface area contributed by atoms with Gasteiger partial charge in [0.25, 0.3) is 0 Å². The summed E-state index contributed by atoms with van der Waals surface area (Å²) in [6.45, 7) is 0.363. The second-order valence-corrected chi connectivity index (χ2v) is 3.56. The van der Waals surface area contributed by atoms with Gasteiger partial charge in [-0.3, -0.25) is 4.79 Å². The number of carbonyl (C=O) groups excluding carboxylic acids is 2. The molecular weight excluding hydrogens is 194 g/mol. The second-order valence-electron chi connectivity index (χ2n) is 3.56. The lowest BCUT2D eigenvalue weighted by atomic mass is 9.89. The Balaban J connectivity index is 2.30. The third-order valence-electron chi connectivity index (χ3n) is 2.66. The summed E-state index contributed by atoms with van der Waals surface area (Å²) in [5.74, 6) is -3.14. The lowest BCUT2D eigenvalue weighted by Gasteiger charge is -2.17. The molecule has 0 aliphatic carbocycles. The molecule has 1 aromatic rings. The molecule has 4 nitrogen and oxygen atoms in total. The fourth-order valence-corrected chi connectivity index (χ4v) is 1.90. The average Bonchev–Trinajstić information content (AvgIpc) is 2.61. The fourth-order valence-electron chi connectivity index (χ4n) is 1.90. The van der Waals surface area contributed by atoms with Gasteiger partial charge in [-0.1, -0.05) is 30.3 Å². The third kappa shape index (κ3) is 1.70. The van der Waals surface area contributed by atoms with Crippen LogP contribution in [0.5, 0.6) is 0 Å². The number of carboxylic acids is 1. The standard InChI is InChI=1S/C11H11NO3/c13-10-9(11(14)15)8(6-12-10)7-4-2-1-3-5-7/h1-5,8-9H,6H2,(H,12,13)(H,14,15)/p-1. The van der Waals surface area contributed by atoms with E-state index < -0.39 is 17.8 Å². The van der Waals surface area contributed by atoms with Crippen LogP contribution < -0.4 is 10.4 Å². The highest BCUT2D eigenvalue weighted by atomic mass is 16.4. The van der Waals surface area contributed by atoms with Crippen LogP contribution in [0.15, 0.2) is 30.3 Å². The Morgan fingerprint density at radius 2 is 2.00 bits per heavy atom. The molecule has 2 rings (SSSR count). The normalized spacial score (nSPS) is 24.9. The van der Waals surface area contributed by atoms with Gasteiger partial charge in [-0.15, -0.1) is 0 Å². The van der Waals surface area contributed by atoms with Crippen LogP contribution >= 0.6 is 0 Å². The smallest absolute Gasteiger partial charge is 0.229 e. The van der Waals surface area contributed by atoms with E-state index in [1.807, 2.05) is 30.3 Å². The predicted octanol–water partition coefficient (Wildman–Crippen LogP) is -0.734. The molecule has 1 aromatic carbocycles. The highest BCUT2D eigenvalue weighted by Gasteiger charge is 2.36. The molecule has 0 spiro atoms. The summed E-state index contributed by atoms with van der Waals surface area (Å²) in [6.07, 6.45) is 0. The van der Waals surface area contributed by atoms with Crippen molar-refractivity contribution in [3.8, 4) is 0 Å². The van der Waals surface area contributed by atoms with E-state index in [4.69, 9.17) is 0 Å². The molecule has 1 heterocycles. The minimum atomic E-state index is -1.31. The molecule has 0 bridgehead atoms. The average molecular weight is 204 g/mol. The van der Waals surface area contributed by atoms with E-state index in [0.29, 0.717) is 6.54 Å². The lowest BCUT2D eigenvalue weighted by Crippen LogP contribution is -2.38. The Bertz CT molecular complexity index is 388. The van der Waals surface area contributed by atoms with Crippen LogP contribution in [0.1, 0.15) is 11.5 Å². The van der Waals surface area contributed by atoms with Crippen molar-refractivity contribution >= 4 is 11.9 Å². The van der Waals surface area contributed by atoms with Crippen LogP contribution in [0.2, 0.25) is 0 Å². The van der Waals surface area contributed by atoms with E-state index >= 15 is 0 Å². The van der Waals surface area contributed by atoms with Gasteiger partial charge in [0.05, 0.1) is 11.9 Å². The van der Waals surface area contributed by atoms with Crippen LogP contribution in [0.4, 0.5) is 0 Å². The van der Waals surface area contributed by atoms with Gasteiger partial charge in [-0.2, -0.15) is 0 Å². The molecular formula is C11H10NO3-. The first-order valence-corrected chi connectivity index (χ1v) is 4.73. The summed E-state index contributed by atoms with van der Waals surface area (Å²) >= 11 is 0. The van der Waals surface area contributed by atoms with Gasteiger partial charge in [-0.25, -0.2) is 0 Å². The summed E-state index contributed by atoms with van der Waals surface area (Å²) < 4.78 is 0. The molecule has 15 heavy (non-hydrogen) atoms. The minimum absolute atomic E-state index is 0.316. The van der Waals surface area contributed by atoms with Crippen molar-refractivity contribution in [1.82, 2.24) is 5.32 Å². The zero-order valence-corrected chi connectivity index (χ0v) is 7.97. The van der Waals surface area contributed by atoms with Gasteiger partial charge in [0.2, 0.25) is 5.91 Å². The van der Waals surface area contributed by atoms with Crippen LogP contribution in [0.3, 0.4) is 0 Å². The summed E-state index contributed by atoms with van der Waals surface area (Å²) in [6, 6.07) is 9.14. The van der Waals surface area contributed by atoms with E-state index in [2.05, 4.69) is 5.32 Å². The summed E-state index contributed by atoms with van der Waals surface area (Å²) in [5, 5.41) is 13.4. The molecule has 0 aromatic heterocycles. The summed E-state index contributed by atoms with van der Waals surface area (Å²) in [5.41, 5.74) is 0.852. The quantitative estimate of drug-likeness (QED) is 0.645. The molecule has 1 aliphatic heterocycles. The maximum atomic E-state index is 11.3. The first kappa shape index (κ1) is 9.71. The molecule has 0 saturated carbocycles. The first-order valence-electron chi connectivity index (χ1n) is 4.73.